The summed E-state index contributed by atoms with van der Waals surface area (Å²) in [5.74, 6) is 0.0826. The lowest BCUT2D eigenvalue weighted by atomic mass is 10.2. The van der Waals surface area contributed by atoms with Gasteiger partial charge in [-0.25, -0.2) is 0 Å². The van der Waals surface area contributed by atoms with E-state index in [0.29, 0.717) is 29.7 Å². The normalized spacial score (nSPS) is 14.2. The van der Waals surface area contributed by atoms with Crippen LogP contribution >= 0.6 is 11.6 Å². The van der Waals surface area contributed by atoms with E-state index in [1.165, 1.54) is 0 Å². The van der Waals surface area contributed by atoms with Crippen molar-refractivity contribution in [1.29, 1.82) is 0 Å². The van der Waals surface area contributed by atoms with Crippen LogP contribution in [0.3, 0.4) is 0 Å². The number of carbonyl (C=O) groups is 2. The lowest BCUT2D eigenvalue weighted by Crippen LogP contribution is -2.48. The second kappa shape index (κ2) is 8.48. The lowest BCUT2D eigenvalue weighted by molar-refractivity contribution is -0.133. The number of halogens is 1. The van der Waals surface area contributed by atoms with Crippen molar-refractivity contribution in [3.63, 3.8) is 0 Å². The zero-order valence-electron chi connectivity index (χ0n) is 15.8. The Hall–Kier alpha value is -3.13. The average Bonchev–Trinajstić information content (AvgIpc) is 3.15. The zero-order valence-corrected chi connectivity index (χ0v) is 16.5. The summed E-state index contributed by atoms with van der Waals surface area (Å²) in [6.45, 7) is 2.73. The van der Waals surface area contributed by atoms with Gasteiger partial charge >= 0.3 is 0 Å². The Balaban J connectivity index is 1.25. The molecule has 0 aliphatic carbocycles. The summed E-state index contributed by atoms with van der Waals surface area (Å²) in [5, 5.41) is 11.4. The minimum Gasteiger partial charge on any atom is -0.368 e. The molecule has 1 fully saturated rings. The standard InChI is InChI=1S/C20H21ClN6O2/c21-15-4-3-5-16(14-15)25-10-12-26(13-11-25)19(29)8-7-18(28)22-20-24-23-17-6-1-2-9-27(17)20/h1-6,9,14H,7-8,10-13H2,(H,22,24,28). The zero-order chi connectivity index (χ0) is 20.2. The lowest BCUT2D eigenvalue weighted by Gasteiger charge is -2.36. The maximum Gasteiger partial charge on any atom is 0.235 e. The minimum atomic E-state index is -0.255. The van der Waals surface area contributed by atoms with E-state index in [4.69, 9.17) is 11.6 Å². The van der Waals surface area contributed by atoms with Crippen LogP contribution in [0.4, 0.5) is 11.6 Å². The molecular weight excluding hydrogens is 392 g/mol. The molecule has 1 aliphatic heterocycles. The highest BCUT2D eigenvalue weighted by Gasteiger charge is 2.22. The number of piperazine rings is 1. The third kappa shape index (κ3) is 4.48. The average molecular weight is 413 g/mol. The fourth-order valence-electron chi connectivity index (χ4n) is 3.38. The van der Waals surface area contributed by atoms with Crippen molar-refractivity contribution in [3.8, 4) is 0 Å². The fourth-order valence-corrected chi connectivity index (χ4v) is 3.56. The molecule has 1 saturated heterocycles. The van der Waals surface area contributed by atoms with Crippen molar-refractivity contribution in [2.24, 2.45) is 0 Å². The summed E-state index contributed by atoms with van der Waals surface area (Å²) in [6, 6.07) is 13.2. The van der Waals surface area contributed by atoms with Crippen molar-refractivity contribution >= 4 is 40.7 Å². The van der Waals surface area contributed by atoms with E-state index in [9.17, 15) is 9.59 Å². The number of nitrogens with zero attached hydrogens (tertiary/aromatic N) is 5. The van der Waals surface area contributed by atoms with E-state index in [-0.39, 0.29) is 24.7 Å². The van der Waals surface area contributed by atoms with Crippen LogP contribution < -0.4 is 10.2 Å². The number of carbonyl (C=O) groups excluding carboxylic acids is 2. The molecule has 3 aromatic rings. The van der Waals surface area contributed by atoms with E-state index >= 15 is 0 Å². The van der Waals surface area contributed by atoms with E-state index < -0.39 is 0 Å². The Morgan fingerprint density at radius 2 is 1.83 bits per heavy atom. The number of benzene rings is 1. The maximum absolute atomic E-state index is 12.5. The van der Waals surface area contributed by atoms with Crippen LogP contribution in [0.25, 0.3) is 5.65 Å². The maximum atomic E-state index is 12.5. The third-order valence-electron chi connectivity index (χ3n) is 4.94. The molecule has 29 heavy (non-hydrogen) atoms. The molecule has 2 amide bonds. The van der Waals surface area contributed by atoms with Gasteiger partial charge in [0, 0.05) is 55.9 Å². The SMILES string of the molecule is O=C(CCC(=O)N1CCN(c2cccc(Cl)c2)CC1)Nc1nnc2ccccn12. The molecular formula is C20H21ClN6O2. The van der Waals surface area contributed by atoms with Crippen LogP contribution in [0.2, 0.25) is 5.02 Å². The molecule has 0 unspecified atom stereocenters. The number of rotatable bonds is 5. The molecule has 2 aromatic heterocycles. The molecule has 150 valence electrons. The molecule has 9 heteroatoms. The molecule has 0 radical (unpaired) electrons. The van der Waals surface area contributed by atoms with Crippen LogP contribution in [-0.4, -0.2) is 57.5 Å². The fraction of sp³-hybridized carbons (Fsp3) is 0.300. The summed E-state index contributed by atoms with van der Waals surface area (Å²) in [6.07, 6.45) is 2.05. The number of fused-ring (bicyclic) bond motifs is 1. The summed E-state index contributed by atoms with van der Waals surface area (Å²) >= 11 is 6.06. The number of aromatic nitrogens is 3. The van der Waals surface area contributed by atoms with Crippen molar-refractivity contribution < 1.29 is 9.59 Å². The molecule has 0 bridgehead atoms. The van der Waals surface area contributed by atoms with Gasteiger partial charge in [0.25, 0.3) is 0 Å². The number of amides is 2. The Morgan fingerprint density at radius 3 is 2.62 bits per heavy atom. The smallest absolute Gasteiger partial charge is 0.235 e. The molecule has 1 aromatic carbocycles. The van der Waals surface area contributed by atoms with Crippen LogP contribution in [0.5, 0.6) is 0 Å². The van der Waals surface area contributed by atoms with Gasteiger partial charge in [-0.15, -0.1) is 10.2 Å². The van der Waals surface area contributed by atoms with Crippen LogP contribution in [0.15, 0.2) is 48.7 Å². The predicted molar refractivity (Wildman–Crippen MR) is 111 cm³/mol. The minimum absolute atomic E-state index is 0.0167. The Morgan fingerprint density at radius 1 is 1.00 bits per heavy atom. The van der Waals surface area contributed by atoms with Crippen molar-refractivity contribution in [1.82, 2.24) is 19.5 Å². The van der Waals surface area contributed by atoms with Gasteiger partial charge in [-0.05, 0) is 30.3 Å². The number of hydrogen-bond donors (Lipinski definition) is 1. The predicted octanol–water partition coefficient (Wildman–Crippen LogP) is 2.45. The van der Waals surface area contributed by atoms with Gasteiger partial charge in [0.15, 0.2) is 5.65 Å². The van der Waals surface area contributed by atoms with Gasteiger partial charge in [-0.2, -0.15) is 0 Å². The van der Waals surface area contributed by atoms with Gasteiger partial charge in [0.2, 0.25) is 17.8 Å². The van der Waals surface area contributed by atoms with Crippen LogP contribution in [-0.2, 0) is 9.59 Å². The first-order valence-electron chi connectivity index (χ1n) is 9.48. The first-order chi connectivity index (χ1) is 14.1. The number of anilines is 2. The summed E-state index contributed by atoms with van der Waals surface area (Å²) in [4.78, 5) is 28.7. The van der Waals surface area contributed by atoms with Gasteiger partial charge < -0.3 is 9.80 Å². The van der Waals surface area contributed by atoms with Crippen molar-refractivity contribution in [2.45, 2.75) is 12.8 Å². The molecule has 3 heterocycles. The topological polar surface area (TPSA) is 82.8 Å². The summed E-state index contributed by atoms with van der Waals surface area (Å²) in [5.41, 5.74) is 1.71. The van der Waals surface area contributed by atoms with Crippen molar-refractivity contribution in [2.75, 3.05) is 36.4 Å². The van der Waals surface area contributed by atoms with E-state index in [1.807, 2.05) is 36.4 Å². The Bertz CT molecular complexity index is 1030. The van der Waals surface area contributed by atoms with Gasteiger partial charge in [-0.1, -0.05) is 23.7 Å². The first kappa shape index (κ1) is 19.2. The van der Waals surface area contributed by atoms with Crippen molar-refractivity contribution in [3.05, 3.63) is 53.7 Å². The molecule has 8 nitrogen and oxygen atoms in total. The molecule has 0 spiro atoms. The molecule has 1 aliphatic rings. The molecule has 1 N–H and O–H groups in total. The molecule has 0 atom stereocenters. The van der Waals surface area contributed by atoms with Gasteiger partial charge in [0.1, 0.15) is 0 Å². The largest absolute Gasteiger partial charge is 0.368 e. The number of hydrogen-bond acceptors (Lipinski definition) is 5. The highest BCUT2D eigenvalue weighted by Crippen LogP contribution is 2.21. The second-order valence-electron chi connectivity index (χ2n) is 6.85. The molecule has 0 saturated carbocycles. The van der Waals surface area contributed by atoms with E-state index in [1.54, 1.807) is 21.6 Å². The van der Waals surface area contributed by atoms with Gasteiger partial charge in [-0.3, -0.25) is 19.3 Å². The van der Waals surface area contributed by atoms with Gasteiger partial charge in [0.05, 0.1) is 0 Å². The number of pyridine rings is 1. The Kier molecular flexibility index (Phi) is 5.62. The summed E-state index contributed by atoms with van der Waals surface area (Å²) in [7, 11) is 0. The Labute approximate surface area is 173 Å². The number of nitrogens with one attached hydrogen (secondary N) is 1. The van der Waals surface area contributed by atoms with Crippen LogP contribution in [0, 0.1) is 0 Å². The highest BCUT2D eigenvalue weighted by atomic mass is 35.5. The second-order valence-corrected chi connectivity index (χ2v) is 7.28. The van der Waals surface area contributed by atoms with E-state index in [2.05, 4.69) is 20.4 Å². The van der Waals surface area contributed by atoms with Crippen LogP contribution in [0.1, 0.15) is 12.8 Å². The third-order valence-corrected chi connectivity index (χ3v) is 5.17. The quantitative estimate of drug-likeness (QED) is 0.696. The van der Waals surface area contributed by atoms with E-state index in [0.717, 1.165) is 18.8 Å². The summed E-state index contributed by atoms with van der Waals surface area (Å²) < 4.78 is 1.69. The molecule has 4 rings (SSSR count). The highest BCUT2D eigenvalue weighted by molar-refractivity contribution is 6.30. The monoisotopic (exact) mass is 412 g/mol. The first-order valence-corrected chi connectivity index (χ1v) is 9.86.